The Bertz CT molecular complexity index is 730. The van der Waals surface area contributed by atoms with Crippen LogP contribution in [-0.2, 0) is 11.3 Å². The van der Waals surface area contributed by atoms with E-state index >= 15 is 0 Å². The van der Waals surface area contributed by atoms with E-state index in [1.165, 1.54) is 11.3 Å². The molecule has 1 aromatic rings. The van der Waals surface area contributed by atoms with Crippen molar-refractivity contribution in [1.82, 2.24) is 9.80 Å². The number of carbonyl (C=O) groups is 1. The number of hydrogen-bond donors (Lipinski definition) is 2. The van der Waals surface area contributed by atoms with Gasteiger partial charge in [-0.1, -0.05) is 36.2 Å². The third kappa shape index (κ3) is 6.53. The standard InChI is InChI=1S/C19H24ClF3N4O/c20-15-7-3-2-6-14(15)13-27(11-10-26-8-4-1-5-9-26)18(28)16(24)12-17(25)19(21,22)23/h2-3,6-7,12,25H,1,4-5,8-11,13,24H2/b16-12-,25-17?. The van der Waals surface area contributed by atoms with Crippen LogP contribution in [0.5, 0.6) is 0 Å². The van der Waals surface area contributed by atoms with Gasteiger partial charge in [0.25, 0.3) is 5.91 Å². The van der Waals surface area contributed by atoms with E-state index in [1.54, 1.807) is 24.3 Å². The van der Waals surface area contributed by atoms with Gasteiger partial charge in [0.1, 0.15) is 5.71 Å². The summed E-state index contributed by atoms with van der Waals surface area (Å²) in [5.41, 5.74) is 4.00. The number of rotatable bonds is 7. The van der Waals surface area contributed by atoms with Crippen LogP contribution < -0.4 is 5.73 Å². The molecule has 0 aromatic heterocycles. The first kappa shape index (κ1) is 22.2. The maximum Gasteiger partial charge on any atom is 0.432 e. The van der Waals surface area contributed by atoms with Gasteiger partial charge < -0.3 is 15.5 Å². The molecule has 0 atom stereocenters. The number of benzene rings is 1. The molecule has 154 valence electrons. The average Bonchev–Trinajstić information content (AvgIpc) is 2.66. The minimum absolute atomic E-state index is 0.125. The molecule has 0 radical (unpaired) electrons. The first-order chi connectivity index (χ1) is 13.2. The molecule has 1 amide bonds. The zero-order valence-corrected chi connectivity index (χ0v) is 16.2. The molecule has 3 N–H and O–H groups in total. The molecular formula is C19H24ClF3N4O. The summed E-state index contributed by atoms with van der Waals surface area (Å²) in [7, 11) is 0. The first-order valence-corrected chi connectivity index (χ1v) is 9.44. The SMILES string of the molecule is N=C(/C=C(\N)C(=O)N(CCN1CCCCC1)Cc1ccccc1Cl)C(F)(F)F. The summed E-state index contributed by atoms with van der Waals surface area (Å²) in [6.07, 6.45) is -1.14. The zero-order valence-electron chi connectivity index (χ0n) is 15.4. The molecule has 1 aromatic carbocycles. The maximum atomic E-state index is 12.7. The average molecular weight is 417 g/mol. The van der Waals surface area contributed by atoms with E-state index in [1.807, 2.05) is 0 Å². The molecule has 9 heteroatoms. The van der Waals surface area contributed by atoms with Crippen LogP contribution in [0.1, 0.15) is 24.8 Å². The summed E-state index contributed by atoms with van der Waals surface area (Å²) in [5.74, 6) is -0.745. The number of nitrogens with zero attached hydrogens (tertiary/aromatic N) is 2. The Morgan fingerprint density at radius 2 is 1.89 bits per heavy atom. The molecule has 0 unspecified atom stereocenters. The number of likely N-dealkylation sites (tertiary alicyclic amines) is 1. The predicted molar refractivity (Wildman–Crippen MR) is 103 cm³/mol. The molecule has 1 heterocycles. The Morgan fingerprint density at radius 3 is 2.50 bits per heavy atom. The van der Waals surface area contributed by atoms with Crippen molar-refractivity contribution in [3.05, 3.63) is 46.6 Å². The minimum atomic E-state index is -4.85. The van der Waals surface area contributed by atoms with Crippen molar-refractivity contribution < 1.29 is 18.0 Å². The van der Waals surface area contributed by atoms with Crippen LogP contribution in [0.25, 0.3) is 0 Å². The van der Waals surface area contributed by atoms with Crippen LogP contribution in [0.4, 0.5) is 13.2 Å². The Labute approximate surface area is 167 Å². The van der Waals surface area contributed by atoms with Gasteiger partial charge in [-0.05, 0) is 43.6 Å². The molecule has 0 aliphatic carbocycles. The fourth-order valence-corrected chi connectivity index (χ4v) is 3.21. The third-order valence-electron chi connectivity index (χ3n) is 4.59. The summed E-state index contributed by atoms with van der Waals surface area (Å²) < 4.78 is 37.8. The highest BCUT2D eigenvalue weighted by molar-refractivity contribution is 6.31. The van der Waals surface area contributed by atoms with E-state index in [2.05, 4.69) is 4.90 Å². The van der Waals surface area contributed by atoms with E-state index in [9.17, 15) is 18.0 Å². The molecule has 0 spiro atoms. The Kier molecular flexibility index (Phi) is 7.88. The van der Waals surface area contributed by atoms with Crippen molar-refractivity contribution in [2.75, 3.05) is 26.2 Å². The summed E-state index contributed by atoms with van der Waals surface area (Å²) in [6, 6.07) is 6.96. The number of hydrogen-bond acceptors (Lipinski definition) is 4. The second-order valence-electron chi connectivity index (χ2n) is 6.73. The number of piperidine rings is 1. The summed E-state index contributed by atoms with van der Waals surface area (Å²) >= 11 is 6.17. The summed E-state index contributed by atoms with van der Waals surface area (Å²) in [4.78, 5) is 16.3. The number of carbonyl (C=O) groups excluding carboxylic acids is 1. The van der Waals surface area contributed by atoms with Crippen LogP contribution >= 0.6 is 11.6 Å². The largest absolute Gasteiger partial charge is 0.432 e. The van der Waals surface area contributed by atoms with E-state index in [0.29, 0.717) is 29.8 Å². The molecule has 1 aliphatic rings. The normalized spacial score (nSPS) is 16.1. The molecule has 0 saturated carbocycles. The van der Waals surface area contributed by atoms with Crippen molar-refractivity contribution in [3.8, 4) is 0 Å². The highest BCUT2D eigenvalue weighted by Gasteiger charge is 2.33. The predicted octanol–water partition coefficient (Wildman–Crippen LogP) is 3.58. The van der Waals surface area contributed by atoms with Gasteiger partial charge in [0, 0.05) is 24.7 Å². The van der Waals surface area contributed by atoms with Crippen LogP contribution in [0.2, 0.25) is 5.02 Å². The molecule has 5 nitrogen and oxygen atoms in total. The number of halogens is 4. The lowest BCUT2D eigenvalue weighted by molar-refractivity contribution is -0.128. The van der Waals surface area contributed by atoms with Crippen molar-refractivity contribution in [2.24, 2.45) is 5.73 Å². The lowest BCUT2D eigenvalue weighted by Crippen LogP contribution is -2.42. The second kappa shape index (κ2) is 9.93. The van der Waals surface area contributed by atoms with Crippen LogP contribution in [0, 0.1) is 5.41 Å². The van der Waals surface area contributed by atoms with Gasteiger partial charge in [-0.25, -0.2) is 0 Å². The van der Waals surface area contributed by atoms with Gasteiger partial charge in [0.2, 0.25) is 0 Å². The molecule has 2 rings (SSSR count). The van der Waals surface area contributed by atoms with Crippen molar-refractivity contribution >= 4 is 23.2 Å². The number of amides is 1. The highest BCUT2D eigenvalue weighted by Crippen LogP contribution is 2.20. The molecule has 0 bridgehead atoms. The molecule has 1 aliphatic heterocycles. The van der Waals surface area contributed by atoms with Crippen LogP contribution in [0.3, 0.4) is 0 Å². The van der Waals surface area contributed by atoms with Crippen LogP contribution in [-0.4, -0.2) is 53.8 Å². The number of nitrogens with two attached hydrogens (primary N) is 1. The Balaban J connectivity index is 2.15. The van der Waals surface area contributed by atoms with Crippen molar-refractivity contribution in [2.45, 2.75) is 32.0 Å². The van der Waals surface area contributed by atoms with Crippen LogP contribution in [0.15, 0.2) is 36.0 Å². The minimum Gasteiger partial charge on any atom is -0.394 e. The smallest absolute Gasteiger partial charge is 0.394 e. The first-order valence-electron chi connectivity index (χ1n) is 9.06. The van der Waals surface area contributed by atoms with Crippen molar-refractivity contribution in [1.29, 1.82) is 5.41 Å². The highest BCUT2D eigenvalue weighted by atomic mass is 35.5. The maximum absolute atomic E-state index is 12.7. The quantitative estimate of drug-likeness (QED) is 0.527. The van der Waals surface area contributed by atoms with E-state index in [0.717, 1.165) is 25.9 Å². The lowest BCUT2D eigenvalue weighted by atomic mass is 10.1. The number of alkyl halides is 3. The Morgan fingerprint density at radius 1 is 1.25 bits per heavy atom. The monoisotopic (exact) mass is 416 g/mol. The van der Waals surface area contributed by atoms with E-state index in [4.69, 9.17) is 22.7 Å². The molecule has 1 fully saturated rings. The zero-order chi connectivity index (χ0) is 20.7. The van der Waals surface area contributed by atoms with Gasteiger partial charge in [-0.3, -0.25) is 10.2 Å². The number of nitrogens with one attached hydrogen (secondary N) is 1. The second-order valence-corrected chi connectivity index (χ2v) is 7.14. The van der Waals surface area contributed by atoms with E-state index in [-0.39, 0.29) is 6.54 Å². The van der Waals surface area contributed by atoms with Gasteiger partial charge in [0.15, 0.2) is 0 Å². The number of allylic oxidation sites excluding steroid dienone is 1. The van der Waals surface area contributed by atoms with Gasteiger partial charge in [0.05, 0.1) is 5.70 Å². The molecular weight excluding hydrogens is 393 g/mol. The van der Waals surface area contributed by atoms with Crippen molar-refractivity contribution in [3.63, 3.8) is 0 Å². The lowest BCUT2D eigenvalue weighted by Gasteiger charge is -2.30. The molecule has 28 heavy (non-hydrogen) atoms. The summed E-state index contributed by atoms with van der Waals surface area (Å²) in [5, 5.41) is 7.50. The Hall–Kier alpha value is -2.06. The van der Waals surface area contributed by atoms with E-state index < -0.39 is 23.5 Å². The topological polar surface area (TPSA) is 73.4 Å². The third-order valence-corrected chi connectivity index (χ3v) is 4.96. The fourth-order valence-electron chi connectivity index (χ4n) is 3.01. The fraction of sp³-hybridized carbons (Fsp3) is 0.474. The van der Waals surface area contributed by atoms with Gasteiger partial charge in [-0.15, -0.1) is 0 Å². The summed E-state index contributed by atoms with van der Waals surface area (Å²) in [6.45, 7) is 2.88. The van der Waals surface area contributed by atoms with Gasteiger partial charge in [-0.2, -0.15) is 13.2 Å². The molecule has 1 saturated heterocycles. The van der Waals surface area contributed by atoms with Gasteiger partial charge >= 0.3 is 6.18 Å².